The quantitative estimate of drug-likeness (QED) is 0.591. The van der Waals surface area contributed by atoms with E-state index in [1.54, 1.807) is 0 Å². The van der Waals surface area contributed by atoms with Crippen LogP contribution in [0.4, 0.5) is 0 Å². The van der Waals surface area contributed by atoms with Crippen LogP contribution in [0.15, 0.2) is 48.5 Å². The Morgan fingerprint density at radius 2 is 1.62 bits per heavy atom. The Labute approximate surface area is 159 Å². The molecule has 0 saturated carbocycles. The number of halogens is 1. The van der Waals surface area contributed by atoms with Crippen LogP contribution in [0.1, 0.15) is 16.7 Å². The number of hydrogen-bond donors (Lipinski definition) is 1. The van der Waals surface area contributed by atoms with Crippen LogP contribution in [0.3, 0.4) is 0 Å². The topological polar surface area (TPSA) is 44.5 Å². The third-order valence-electron chi connectivity index (χ3n) is 4.41. The van der Waals surface area contributed by atoms with Gasteiger partial charge in [0.25, 0.3) is 0 Å². The summed E-state index contributed by atoms with van der Waals surface area (Å²) in [7, 11) is 0. The molecule has 26 heavy (non-hydrogen) atoms. The molecule has 0 radical (unpaired) electrons. The highest BCUT2D eigenvalue weighted by Crippen LogP contribution is 2.29. The van der Waals surface area contributed by atoms with Crippen LogP contribution in [0.25, 0.3) is 10.8 Å². The molecule has 3 nitrogen and oxygen atoms in total. The molecular weight excluding hydrogens is 346 g/mol. The fraction of sp³-hybridized carbons (Fsp3) is 0.273. The average Bonchev–Trinajstić information content (AvgIpc) is 2.64. The molecule has 0 amide bonds. The molecular formula is C22H24ClNO2. The first kappa shape index (κ1) is 18.6. The number of aryl methyl sites for hydroxylation is 2. The van der Waals surface area contributed by atoms with E-state index in [9.17, 15) is 0 Å². The average molecular weight is 370 g/mol. The third kappa shape index (κ3) is 4.12. The first-order valence-corrected chi connectivity index (χ1v) is 9.21. The summed E-state index contributed by atoms with van der Waals surface area (Å²) in [5, 5.41) is 3.18. The van der Waals surface area contributed by atoms with Gasteiger partial charge >= 0.3 is 0 Å². The van der Waals surface area contributed by atoms with Gasteiger partial charge in [0, 0.05) is 10.6 Å². The molecule has 0 aromatic heterocycles. The van der Waals surface area contributed by atoms with Gasteiger partial charge < -0.3 is 15.2 Å². The van der Waals surface area contributed by atoms with E-state index in [2.05, 4.69) is 18.2 Å². The van der Waals surface area contributed by atoms with Gasteiger partial charge in [-0.15, -0.1) is 0 Å². The molecule has 0 aliphatic carbocycles. The van der Waals surface area contributed by atoms with E-state index in [4.69, 9.17) is 26.8 Å². The van der Waals surface area contributed by atoms with Crippen molar-refractivity contribution in [2.75, 3.05) is 19.8 Å². The molecule has 0 fully saturated rings. The highest BCUT2D eigenvalue weighted by atomic mass is 35.5. The zero-order chi connectivity index (χ0) is 18.5. The number of benzene rings is 3. The van der Waals surface area contributed by atoms with Crippen molar-refractivity contribution in [3.05, 3.63) is 70.2 Å². The molecule has 0 atom stereocenters. The van der Waals surface area contributed by atoms with Gasteiger partial charge in [0.15, 0.2) is 0 Å². The van der Waals surface area contributed by atoms with Crippen LogP contribution in [0.5, 0.6) is 11.5 Å². The van der Waals surface area contributed by atoms with Crippen molar-refractivity contribution in [1.29, 1.82) is 0 Å². The zero-order valence-electron chi connectivity index (χ0n) is 15.2. The van der Waals surface area contributed by atoms with Gasteiger partial charge in [0.05, 0.1) is 0 Å². The van der Waals surface area contributed by atoms with Crippen LogP contribution in [-0.4, -0.2) is 19.8 Å². The molecule has 0 heterocycles. The van der Waals surface area contributed by atoms with E-state index in [0.29, 0.717) is 19.8 Å². The van der Waals surface area contributed by atoms with Gasteiger partial charge in [-0.05, 0) is 66.9 Å². The lowest BCUT2D eigenvalue weighted by atomic mass is 10.0. The van der Waals surface area contributed by atoms with Crippen molar-refractivity contribution >= 4 is 22.4 Å². The highest BCUT2D eigenvalue weighted by molar-refractivity contribution is 6.32. The molecule has 0 unspecified atom stereocenters. The molecule has 0 bridgehead atoms. The summed E-state index contributed by atoms with van der Waals surface area (Å²) in [5.74, 6) is 1.69. The normalized spacial score (nSPS) is 10.9. The number of nitrogens with two attached hydrogens (primary N) is 1. The molecule has 0 aliphatic heterocycles. The second-order valence-corrected chi connectivity index (χ2v) is 6.75. The summed E-state index contributed by atoms with van der Waals surface area (Å²) >= 11 is 6.20. The summed E-state index contributed by atoms with van der Waals surface area (Å²) < 4.78 is 11.8. The summed E-state index contributed by atoms with van der Waals surface area (Å²) in [6, 6.07) is 16.3. The first-order chi connectivity index (χ1) is 12.6. The lowest BCUT2D eigenvalue weighted by Gasteiger charge is -2.15. The third-order valence-corrected chi connectivity index (χ3v) is 5.01. The van der Waals surface area contributed by atoms with Gasteiger partial charge in [-0.3, -0.25) is 0 Å². The minimum absolute atomic E-state index is 0.468. The summed E-state index contributed by atoms with van der Waals surface area (Å²) in [6.45, 7) is 5.48. The number of fused-ring (bicyclic) bond motifs is 1. The molecule has 2 N–H and O–H groups in total. The van der Waals surface area contributed by atoms with Gasteiger partial charge in [-0.25, -0.2) is 0 Å². The molecule has 3 aromatic rings. The lowest BCUT2D eigenvalue weighted by Crippen LogP contribution is -2.11. The Morgan fingerprint density at radius 1 is 0.923 bits per heavy atom. The summed E-state index contributed by atoms with van der Waals surface area (Å²) in [4.78, 5) is 0. The molecule has 4 heteroatoms. The molecule has 0 aliphatic rings. The molecule has 3 aromatic carbocycles. The van der Waals surface area contributed by atoms with E-state index in [-0.39, 0.29) is 0 Å². The SMILES string of the molecule is Cc1cc(OCCOc2ccc3ccccc3c2CCN)cc(C)c1Cl. The van der Waals surface area contributed by atoms with Gasteiger partial charge in [-0.2, -0.15) is 0 Å². The minimum atomic E-state index is 0.468. The summed E-state index contributed by atoms with van der Waals surface area (Å²) in [5.41, 5.74) is 8.99. The van der Waals surface area contributed by atoms with Gasteiger partial charge in [-0.1, -0.05) is 41.9 Å². The zero-order valence-corrected chi connectivity index (χ0v) is 16.0. The maximum absolute atomic E-state index is 6.20. The standard InChI is InChI=1S/C22H24ClNO2/c1-15-13-18(14-16(2)22(15)23)25-11-12-26-21-8-7-17-5-3-4-6-19(17)20(21)9-10-24/h3-8,13-14H,9-12,24H2,1-2H3. The van der Waals surface area contributed by atoms with Crippen LogP contribution < -0.4 is 15.2 Å². The van der Waals surface area contributed by atoms with Gasteiger partial charge in [0.2, 0.25) is 0 Å². The van der Waals surface area contributed by atoms with Crippen molar-refractivity contribution in [1.82, 2.24) is 0 Å². The monoisotopic (exact) mass is 369 g/mol. The predicted molar refractivity (Wildman–Crippen MR) is 109 cm³/mol. The van der Waals surface area contributed by atoms with E-state index < -0.39 is 0 Å². The van der Waals surface area contributed by atoms with Crippen molar-refractivity contribution in [3.63, 3.8) is 0 Å². The fourth-order valence-corrected chi connectivity index (χ4v) is 3.26. The maximum Gasteiger partial charge on any atom is 0.123 e. The summed E-state index contributed by atoms with van der Waals surface area (Å²) in [6.07, 6.45) is 0.785. The largest absolute Gasteiger partial charge is 0.490 e. The first-order valence-electron chi connectivity index (χ1n) is 8.83. The molecule has 136 valence electrons. The number of ether oxygens (including phenoxy) is 2. The predicted octanol–water partition coefficient (Wildman–Crippen LogP) is 5.07. The Hall–Kier alpha value is -2.23. The van der Waals surface area contributed by atoms with E-state index in [1.807, 2.05) is 44.2 Å². The second-order valence-electron chi connectivity index (χ2n) is 6.37. The van der Waals surface area contributed by atoms with E-state index in [1.165, 1.54) is 10.8 Å². The molecule has 0 spiro atoms. The lowest BCUT2D eigenvalue weighted by molar-refractivity contribution is 0.216. The minimum Gasteiger partial charge on any atom is -0.490 e. The van der Waals surface area contributed by atoms with E-state index >= 15 is 0 Å². The van der Waals surface area contributed by atoms with Crippen LogP contribution in [0.2, 0.25) is 5.02 Å². The Morgan fingerprint density at radius 3 is 2.35 bits per heavy atom. The van der Waals surface area contributed by atoms with Crippen molar-refractivity contribution in [2.24, 2.45) is 5.73 Å². The maximum atomic E-state index is 6.20. The number of rotatable bonds is 7. The highest BCUT2D eigenvalue weighted by Gasteiger charge is 2.09. The van der Waals surface area contributed by atoms with Crippen molar-refractivity contribution < 1.29 is 9.47 Å². The Balaban J connectivity index is 1.67. The molecule has 0 saturated heterocycles. The van der Waals surface area contributed by atoms with Crippen molar-refractivity contribution in [3.8, 4) is 11.5 Å². The van der Waals surface area contributed by atoms with Gasteiger partial charge in [0.1, 0.15) is 24.7 Å². The Bertz CT molecular complexity index is 885. The molecule has 3 rings (SSSR count). The Kier molecular flexibility index (Phi) is 6.02. The van der Waals surface area contributed by atoms with Crippen LogP contribution >= 0.6 is 11.6 Å². The number of hydrogen-bond acceptors (Lipinski definition) is 3. The fourth-order valence-electron chi connectivity index (χ4n) is 3.15. The second kappa shape index (κ2) is 8.43. The van der Waals surface area contributed by atoms with Crippen LogP contribution in [0, 0.1) is 13.8 Å². The van der Waals surface area contributed by atoms with Crippen LogP contribution in [-0.2, 0) is 6.42 Å². The van der Waals surface area contributed by atoms with Crippen molar-refractivity contribution in [2.45, 2.75) is 20.3 Å². The smallest absolute Gasteiger partial charge is 0.123 e. The van der Waals surface area contributed by atoms with E-state index in [0.717, 1.165) is 39.6 Å².